The summed E-state index contributed by atoms with van der Waals surface area (Å²) in [4.78, 5) is 21.0. The number of hydrogen-bond acceptors (Lipinski definition) is 7. The van der Waals surface area contributed by atoms with Crippen LogP contribution in [0, 0.1) is 5.82 Å². The number of aromatic nitrogens is 3. The molecule has 204 valence electrons. The number of aromatic hydroxyl groups is 1. The number of aryl methyl sites for hydroxylation is 1. The summed E-state index contributed by atoms with van der Waals surface area (Å²) in [6.45, 7) is 2.88. The largest absolute Gasteiger partial charge is 0.507 e. The fourth-order valence-electron chi connectivity index (χ4n) is 4.83. The number of piperazine rings is 1. The van der Waals surface area contributed by atoms with Gasteiger partial charge < -0.3 is 24.8 Å². The molecule has 3 heterocycles. The third-order valence-corrected chi connectivity index (χ3v) is 7.28. The zero-order valence-electron chi connectivity index (χ0n) is 21.3. The Morgan fingerprint density at radius 2 is 1.72 bits per heavy atom. The molecular weight excluding hydrogens is 525 g/mol. The van der Waals surface area contributed by atoms with Gasteiger partial charge in [-0.25, -0.2) is 14.2 Å². The Kier molecular flexibility index (Phi) is 7.72. The minimum Gasteiger partial charge on any atom is -0.507 e. The number of anilines is 1. The number of phenolic OH excluding ortho intramolecular Hbond substituents is 1. The van der Waals surface area contributed by atoms with Crippen LogP contribution < -0.4 is 10.6 Å². The molecule has 0 unspecified atom stereocenters. The van der Waals surface area contributed by atoms with Crippen LogP contribution in [0.25, 0.3) is 27.9 Å². The maximum Gasteiger partial charge on any atom is 0.332 e. The smallest absolute Gasteiger partial charge is 0.332 e. The molecule has 4 aromatic rings. The van der Waals surface area contributed by atoms with Gasteiger partial charge in [0.2, 0.25) is 0 Å². The molecule has 0 amide bonds. The number of aliphatic hydroxyl groups is 2. The van der Waals surface area contributed by atoms with Crippen molar-refractivity contribution < 1.29 is 19.7 Å². The molecule has 1 atom stereocenters. The zero-order valence-corrected chi connectivity index (χ0v) is 22.1. The predicted molar refractivity (Wildman–Crippen MR) is 148 cm³/mol. The van der Waals surface area contributed by atoms with Gasteiger partial charge in [0.1, 0.15) is 17.4 Å². The molecule has 1 saturated heterocycles. The van der Waals surface area contributed by atoms with Crippen LogP contribution in [-0.4, -0.2) is 79.8 Å². The van der Waals surface area contributed by atoms with Gasteiger partial charge >= 0.3 is 5.69 Å². The number of phenols is 1. The maximum absolute atomic E-state index is 14.8. The van der Waals surface area contributed by atoms with Crippen molar-refractivity contribution in [3.8, 4) is 33.7 Å². The molecule has 3 N–H and O–H groups in total. The lowest BCUT2D eigenvalue weighted by molar-refractivity contribution is 0.0574. The van der Waals surface area contributed by atoms with E-state index >= 15 is 0 Å². The van der Waals surface area contributed by atoms with Crippen molar-refractivity contribution in [3.63, 3.8) is 0 Å². The van der Waals surface area contributed by atoms with E-state index in [9.17, 15) is 19.4 Å². The number of aliphatic hydroxyl groups excluding tert-OH is 2. The molecule has 9 nitrogen and oxygen atoms in total. The van der Waals surface area contributed by atoms with Crippen molar-refractivity contribution in [3.05, 3.63) is 82.4 Å². The average Bonchev–Trinajstić information content (AvgIpc) is 3.27. The van der Waals surface area contributed by atoms with Crippen molar-refractivity contribution in [1.29, 1.82) is 0 Å². The maximum atomic E-state index is 14.8. The summed E-state index contributed by atoms with van der Waals surface area (Å²) < 4.78 is 17.7. The Labute approximate surface area is 229 Å². The molecule has 0 aliphatic carbocycles. The molecular formula is C28H29ClFN5O4. The number of nitrogens with zero attached hydrogens (tertiary/aromatic N) is 5. The standard InChI is InChI=1S/C28H29ClFN5O4/c1-32-6-11-35(28(32)39)25-3-2-18(12-24(25)29)22-14-20(30)15-23(27(22)38)19-4-5-31-26(13-19)34-9-7-33(8-10-34)16-21(37)17-36/h2-6,11-15,21,36-38H,7-10,16-17H2,1H3/t21-/m1/s1. The van der Waals surface area contributed by atoms with Gasteiger partial charge in [-0.2, -0.15) is 0 Å². The van der Waals surface area contributed by atoms with Crippen LogP contribution in [0.4, 0.5) is 10.2 Å². The average molecular weight is 554 g/mol. The lowest BCUT2D eigenvalue weighted by Crippen LogP contribution is -2.49. The summed E-state index contributed by atoms with van der Waals surface area (Å²) >= 11 is 6.51. The van der Waals surface area contributed by atoms with Gasteiger partial charge in [-0.3, -0.25) is 9.47 Å². The van der Waals surface area contributed by atoms with E-state index in [4.69, 9.17) is 16.7 Å². The molecule has 0 saturated carbocycles. The minimum atomic E-state index is -0.768. The van der Waals surface area contributed by atoms with E-state index in [1.165, 1.54) is 21.3 Å². The summed E-state index contributed by atoms with van der Waals surface area (Å²) in [5, 5.41) is 30.3. The summed E-state index contributed by atoms with van der Waals surface area (Å²) in [6, 6.07) is 11.0. The predicted octanol–water partition coefficient (Wildman–Crippen LogP) is 2.88. The molecule has 1 aliphatic rings. The van der Waals surface area contributed by atoms with Crippen LogP contribution in [0.3, 0.4) is 0 Å². The fourth-order valence-corrected chi connectivity index (χ4v) is 5.10. The van der Waals surface area contributed by atoms with Crippen molar-refractivity contribution in [2.24, 2.45) is 7.05 Å². The summed E-state index contributed by atoms with van der Waals surface area (Å²) in [5.41, 5.74) is 1.92. The zero-order chi connectivity index (χ0) is 27.7. The Morgan fingerprint density at radius 1 is 1.03 bits per heavy atom. The molecule has 2 aromatic heterocycles. The molecule has 1 aliphatic heterocycles. The molecule has 11 heteroatoms. The van der Waals surface area contributed by atoms with Crippen LogP contribution in [0.5, 0.6) is 5.75 Å². The van der Waals surface area contributed by atoms with Crippen molar-refractivity contribution in [1.82, 2.24) is 19.0 Å². The molecule has 5 rings (SSSR count). The second-order valence-electron chi connectivity index (χ2n) is 9.60. The van der Waals surface area contributed by atoms with Crippen molar-refractivity contribution in [2.45, 2.75) is 6.10 Å². The molecule has 2 aromatic carbocycles. The van der Waals surface area contributed by atoms with E-state index in [1.54, 1.807) is 49.9 Å². The third kappa shape index (κ3) is 5.55. The monoisotopic (exact) mass is 553 g/mol. The van der Waals surface area contributed by atoms with E-state index in [0.29, 0.717) is 60.9 Å². The Hall–Kier alpha value is -3.70. The highest BCUT2D eigenvalue weighted by Gasteiger charge is 2.21. The number of halogens is 2. The number of rotatable bonds is 7. The Morgan fingerprint density at radius 3 is 2.33 bits per heavy atom. The van der Waals surface area contributed by atoms with E-state index in [-0.39, 0.29) is 28.6 Å². The van der Waals surface area contributed by atoms with Gasteiger partial charge in [0.25, 0.3) is 0 Å². The molecule has 0 spiro atoms. The Bertz CT molecular complexity index is 1550. The molecule has 39 heavy (non-hydrogen) atoms. The quantitative estimate of drug-likeness (QED) is 0.323. The summed E-state index contributed by atoms with van der Waals surface area (Å²) in [7, 11) is 1.64. The normalized spacial score (nSPS) is 15.1. The van der Waals surface area contributed by atoms with Gasteiger partial charge in [-0.05, 0) is 47.5 Å². The fraction of sp³-hybridized carbons (Fsp3) is 0.286. The Balaban J connectivity index is 1.43. The van der Waals surface area contributed by atoms with Crippen LogP contribution in [0.2, 0.25) is 5.02 Å². The van der Waals surface area contributed by atoms with Crippen LogP contribution >= 0.6 is 11.6 Å². The second kappa shape index (κ2) is 11.2. The highest BCUT2D eigenvalue weighted by atomic mass is 35.5. The first-order valence-corrected chi connectivity index (χ1v) is 12.9. The summed E-state index contributed by atoms with van der Waals surface area (Å²) in [5.74, 6) is 0.0736. The van der Waals surface area contributed by atoms with Crippen LogP contribution in [-0.2, 0) is 7.05 Å². The third-order valence-electron chi connectivity index (χ3n) is 6.97. The first-order valence-electron chi connectivity index (χ1n) is 12.5. The molecule has 1 fully saturated rings. The lowest BCUT2D eigenvalue weighted by Gasteiger charge is -2.36. The SMILES string of the molecule is Cn1ccn(-c2ccc(-c3cc(F)cc(-c4ccnc(N5CCN(C[C@@H](O)CO)CC5)c4)c3O)cc2Cl)c1=O. The number of β-amino-alcohol motifs (C(OH)–C–C–N with tert-alkyl or cyclic N) is 1. The van der Waals surface area contributed by atoms with E-state index in [1.807, 2.05) is 6.07 Å². The van der Waals surface area contributed by atoms with Gasteiger partial charge in [0.15, 0.2) is 0 Å². The van der Waals surface area contributed by atoms with Gasteiger partial charge in [-0.15, -0.1) is 0 Å². The van der Waals surface area contributed by atoms with Gasteiger partial charge in [0, 0.05) is 69.5 Å². The second-order valence-corrected chi connectivity index (χ2v) is 10.0. The number of benzene rings is 2. The first-order chi connectivity index (χ1) is 18.7. The topological polar surface area (TPSA) is 107 Å². The lowest BCUT2D eigenvalue weighted by atomic mass is 9.97. The molecule has 0 radical (unpaired) electrons. The van der Waals surface area contributed by atoms with Crippen LogP contribution in [0.15, 0.2) is 65.8 Å². The molecule has 0 bridgehead atoms. The van der Waals surface area contributed by atoms with Crippen molar-refractivity contribution in [2.75, 3.05) is 44.2 Å². The summed E-state index contributed by atoms with van der Waals surface area (Å²) in [6.07, 6.45) is 4.10. The highest BCUT2D eigenvalue weighted by molar-refractivity contribution is 6.32. The minimum absolute atomic E-state index is 0.0999. The van der Waals surface area contributed by atoms with Gasteiger partial charge in [0.05, 0.1) is 23.4 Å². The van der Waals surface area contributed by atoms with Gasteiger partial charge in [-0.1, -0.05) is 17.7 Å². The van der Waals surface area contributed by atoms with E-state index in [0.717, 1.165) is 0 Å². The first kappa shape index (κ1) is 26.9. The number of pyridine rings is 1. The van der Waals surface area contributed by atoms with Crippen LogP contribution in [0.1, 0.15) is 0 Å². The number of imidazole rings is 1. The van der Waals surface area contributed by atoms with E-state index < -0.39 is 11.9 Å². The number of hydrogen-bond donors (Lipinski definition) is 3. The van der Waals surface area contributed by atoms with E-state index in [2.05, 4.69) is 14.8 Å². The highest BCUT2D eigenvalue weighted by Crippen LogP contribution is 2.41. The van der Waals surface area contributed by atoms with Crippen molar-refractivity contribution >= 4 is 17.4 Å².